The van der Waals surface area contributed by atoms with E-state index in [9.17, 15) is 0 Å². The van der Waals surface area contributed by atoms with E-state index in [-0.39, 0.29) is 0 Å². The minimum Gasteiger partial charge on any atom is -0.164 e. The van der Waals surface area contributed by atoms with Gasteiger partial charge in [-0.15, -0.1) is 0 Å². The minimum absolute atomic E-state index is 0.419. The van der Waals surface area contributed by atoms with E-state index in [2.05, 4.69) is 58.8 Å². The van der Waals surface area contributed by atoms with Gasteiger partial charge in [-0.3, -0.25) is 0 Å². The van der Waals surface area contributed by atoms with Gasteiger partial charge in [0.25, 0.3) is 0 Å². The first-order valence-corrected chi connectivity index (χ1v) is 7.02. The molecule has 0 bridgehead atoms. The zero-order valence-electron chi connectivity index (χ0n) is 11.5. The number of hydrogen-bond acceptors (Lipinski definition) is 2. The lowest BCUT2D eigenvalue weighted by Crippen LogP contribution is -1.93. The highest BCUT2D eigenvalue weighted by atomic mass is 15.2. The predicted molar refractivity (Wildman–Crippen MR) is 88.0 cm³/mol. The lowest BCUT2D eigenvalue weighted by molar-refractivity contribution is 0.864. The summed E-state index contributed by atoms with van der Waals surface area (Å²) in [5.41, 5.74) is 0. The fourth-order valence-electron chi connectivity index (χ4n) is 1.96. The molecule has 0 N–H and O–H groups in total. The minimum atomic E-state index is 0.419. The van der Waals surface area contributed by atoms with Crippen molar-refractivity contribution in [2.75, 3.05) is 0 Å². The molecule has 2 aliphatic rings. The van der Waals surface area contributed by atoms with E-state index < -0.39 is 0 Å². The maximum absolute atomic E-state index is 4.10. The molecule has 0 fully saturated rings. The monoisotopic (exact) mass is 264 g/mol. The van der Waals surface area contributed by atoms with E-state index in [0.29, 0.717) is 11.8 Å². The van der Waals surface area contributed by atoms with Gasteiger partial charge in [0.1, 0.15) is 0 Å². The van der Waals surface area contributed by atoms with Crippen LogP contribution in [0.3, 0.4) is 0 Å². The van der Waals surface area contributed by atoms with Gasteiger partial charge in [0.15, 0.2) is 0 Å². The van der Waals surface area contributed by atoms with Crippen molar-refractivity contribution in [2.45, 2.75) is 12.8 Å². The van der Waals surface area contributed by atoms with Crippen LogP contribution < -0.4 is 0 Å². The van der Waals surface area contributed by atoms with Gasteiger partial charge in [-0.25, -0.2) is 0 Å². The van der Waals surface area contributed by atoms with Crippen LogP contribution in [0, 0.1) is 11.8 Å². The molecule has 2 rings (SSSR count). The van der Waals surface area contributed by atoms with E-state index in [1.165, 1.54) is 0 Å². The molecule has 0 spiro atoms. The van der Waals surface area contributed by atoms with Crippen molar-refractivity contribution in [2.24, 2.45) is 22.0 Å². The molecule has 0 amide bonds. The summed E-state index contributed by atoms with van der Waals surface area (Å²) in [5, 5.41) is 8.19. The summed E-state index contributed by atoms with van der Waals surface area (Å²) in [5.74, 6) is 0.838. The molecule has 0 radical (unpaired) electrons. The number of hydrogen-bond donors (Lipinski definition) is 0. The van der Waals surface area contributed by atoms with Crippen molar-refractivity contribution >= 4 is 12.4 Å². The Morgan fingerprint density at radius 2 is 0.900 bits per heavy atom. The first kappa shape index (κ1) is 14.2. The highest BCUT2D eigenvalue weighted by Gasteiger charge is 1.98. The Morgan fingerprint density at radius 1 is 0.550 bits per heavy atom. The van der Waals surface area contributed by atoms with Gasteiger partial charge in [0.05, 0.1) is 0 Å². The van der Waals surface area contributed by atoms with Gasteiger partial charge >= 0.3 is 0 Å². The molecule has 0 saturated heterocycles. The van der Waals surface area contributed by atoms with Crippen molar-refractivity contribution in [1.29, 1.82) is 0 Å². The van der Waals surface area contributed by atoms with E-state index in [4.69, 9.17) is 0 Å². The van der Waals surface area contributed by atoms with Crippen molar-refractivity contribution in [3.8, 4) is 0 Å². The van der Waals surface area contributed by atoms with Crippen molar-refractivity contribution in [1.82, 2.24) is 0 Å². The first-order valence-electron chi connectivity index (χ1n) is 7.02. The Hall–Kier alpha value is -2.22. The normalized spacial score (nSPS) is 19.4. The van der Waals surface area contributed by atoms with Crippen LogP contribution in [0.5, 0.6) is 0 Å². The maximum Gasteiger partial charge on any atom is 0.0279 e. The molecule has 0 aliphatic heterocycles. The van der Waals surface area contributed by atoms with Gasteiger partial charge in [-0.2, -0.15) is 10.2 Å². The summed E-state index contributed by atoms with van der Waals surface area (Å²) in [7, 11) is 0. The van der Waals surface area contributed by atoms with Crippen molar-refractivity contribution in [3.63, 3.8) is 0 Å². The zero-order valence-corrected chi connectivity index (χ0v) is 11.5. The summed E-state index contributed by atoms with van der Waals surface area (Å²) in [6, 6.07) is 0. The predicted octanol–water partition coefficient (Wildman–Crippen LogP) is 4.42. The lowest BCUT2D eigenvalue weighted by atomic mass is 10.1. The zero-order chi connectivity index (χ0) is 13.9. The van der Waals surface area contributed by atoms with Crippen LogP contribution in [-0.4, -0.2) is 12.4 Å². The third kappa shape index (κ3) is 5.61. The largest absolute Gasteiger partial charge is 0.164 e. The highest BCUT2D eigenvalue weighted by Crippen LogP contribution is 2.10. The molecule has 0 heterocycles. The SMILES string of the molecule is C1=CC=CC(C/C=N/N=C/CC2C=CC=CC=C2)C=C1. The molecule has 2 heteroatoms. The van der Waals surface area contributed by atoms with Crippen LogP contribution in [-0.2, 0) is 0 Å². The quantitative estimate of drug-likeness (QED) is 0.519. The van der Waals surface area contributed by atoms with Crippen LogP contribution >= 0.6 is 0 Å². The fourth-order valence-corrected chi connectivity index (χ4v) is 1.96. The summed E-state index contributed by atoms with van der Waals surface area (Å²) >= 11 is 0. The lowest BCUT2D eigenvalue weighted by Gasteiger charge is -2.01. The van der Waals surface area contributed by atoms with Crippen LogP contribution in [0.4, 0.5) is 0 Å². The van der Waals surface area contributed by atoms with E-state index >= 15 is 0 Å². The second kappa shape index (κ2) is 8.81. The molecule has 0 atom stereocenters. The van der Waals surface area contributed by atoms with Crippen LogP contribution in [0.15, 0.2) is 83.1 Å². The van der Waals surface area contributed by atoms with Crippen LogP contribution in [0.25, 0.3) is 0 Å². The smallest absolute Gasteiger partial charge is 0.0279 e. The van der Waals surface area contributed by atoms with E-state index in [0.717, 1.165) is 12.8 Å². The third-order valence-corrected chi connectivity index (χ3v) is 3.09. The van der Waals surface area contributed by atoms with Gasteiger partial charge in [-0.05, 0) is 12.8 Å². The van der Waals surface area contributed by atoms with Crippen LogP contribution in [0.2, 0.25) is 0 Å². The molecular weight excluding hydrogens is 244 g/mol. The fraction of sp³-hybridized carbons (Fsp3) is 0.222. The first-order chi connectivity index (χ1) is 9.95. The summed E-state index contributed by atoms with van der Waals surface area (Å²) in [4.78, 5) is 0. The average molecular weight is 264 g/mol. The van der Waals surface area contributed by atoms with Gasteiger partial charge in [-0.1, -0.05) is 72.9 Å². The average Bonchev–Trinajstić information content (AvgIpc) is 2.87. The van der Waals surface area contributed by atoms with Gasteiger partial charge in [0, 0.05) is 24.3 Å². The Bertz CT molecular complexity index is 434. The Balaban J connectivity index is 1.69. The van der Waals surface area contributed by atoms with E-state index in [1.807, 2.05) is 36.7 Å². The number of allylic oxidation sites excluding steroid dienone is 12. The molecule has 0 aromatic carbocycles. The van der Waals surface area contributed by atoms with Crippen LogP contribution in [0.1, 0.15) is 12.8 Å². The number of rotatable bonds is 5. The molecule has 2 aliphatic carbocycles. The van der Waals surface area contributed by atoms with Gasteiger partial charge in [0.2, 0.25) is 0 Å². The molecule has 102 valence electrons. The molecule has 20 heavy (non-hydrogen) atoms. The molecule has 0 unspecified atom stereocenters. The maximum atomic E-state index is 4.10. The molecule has 0 aromatic heterocycles. The summed E-state index contributed by atoms with van der Waals surface area (Å²) in [6.07, 6.45) is 30.6. The molecule has 2 nitrogen and oxygen atoms in total. The summed E-state index contributed by atoms with van der Waals surface area (Å²) < 4.78 is 0. The summed E-state index contributed by atoms with van der Waals surface area (Å²) in [6.45, 7) is 0. The second-order valence-electron chi connectivity index (χ2n) is 4.70. The Morgan fingerprint density at radius 3 is 1.25 bits per heavy atom. The number of nitrogens with zero attached hydrogens (tertiary/aromatic N) is 2. The topological polar surface area (TPSA) is 24.7 Å². The standard InChI is InChI=1S/C18H20N2/c1-2-6-10-17(9-5-1)13-15-19-20-16-14-18-11-7-3-4-8-12-18/h1-12,15-18H,13-14H2/b19-15+,20-16+. The molecular formula is C18H20N2. The second-order valence-corrected chi connectivity index (χ2v) is 4.70. The third-order valence-electron chi connectivity index (χ3n) is 3.09. The molecule has 0 aromatic rings. The van der Waals surface area contributed by atoms with Gasteiger partial charge < -0.3 is 0 Å². The Kier molecular flexibility index (Phi) is 6.25. The van der Waals surface area contributed by atoms with E-state index in [1.54, 1.807) is 0 Å². The van der Waals surface area contributed by atoms with Crippen molar-refractivity contribution in [3.05, 3.63) is 72.9 Å². The van der Waals surface area contributed by atoms with Crippen molar-refractivity contribution < 1.29 is 0 Å². The highest BCUT2D eigenvalue weighted by molar-refractivity contribution is 5.62. The molecule has 0 saturated carbocycles. The Labute approximate surface area is 121 Å².